The fourth-order valence-corrected chi connectivity index (χ4v) is 1.89. The molecular weight excluding hydrogens is 316 g/mol. The van der Waals surface area contributed by atoms with Gasteiger partial charge in [0, 0.05) is 4.47 Å². The van der Waals surface area contributed by atoms with Crippen LogP contribution < -0.4 is 10.1 Å². The molecule has 0 saturated heterocycles. The molecule has 0 aliphatic carbocycles. The van der Waals surface area contributed by atoms with Crippen LogP contribution in [0.15, 0.2) is 16.6 Å². The number of halogens is 1. The highest BCUT2D eigenvalue weighted by Gasteiger charge is 2.18. The number of nitrogens with zero attached hydrogens (tertiary/aromatic N) is 1. The largest absolute Gasteiger partial charge is 0.497 e. The molecule has 0 heterocycles. The molecule has 0 aromatic heterocycles. The minimum atomic E-state index is -0.619. The molecular formula is C12H11BrN2O4. The van der Waals surface area contributed by atoms with Gasteiger partial charge < -0.3 is 14.8 Å². The van der Waals surface area contributed by atoms with Crippen molar-refractivity contribution >= 4 is 33.5 Å². The van der Waals surface area contributed by atoms with Gasteiger partial charge in [-0.15, -0.1) is 0 Å². The van der Waals surface area contributed by atoms with Crippen LogP contribution in [0, 0.1) is 11.3 Å². The molecule has 7 heteroatoms. The number of anilines is 1. The Morgan fingerprint density at radius 2 is 2.11 bits per heavy atom. The highest BCUT2D eigenvalue weighted by molar-refractivity contribution is 9.10. The lowest BCUT2D eigenvalue weighted by Gasteiger charge is -2.12. The summed E-state index contributed by atoms with van der Waals surface area (Å²) < 4.78 is 10.1. The van der Waals surface area contributed by atoms with Gasteiger partial charge in [0.2, 0.25) is 5.91 Å². The first-order chi connectivity index (χ1) is 9.03. The second-order valence-electron chi connectivity index (χ2n) is 3.41. The summed E-state index contributed by atoms with van der Waals surface area (Å²) in [5.74, 6) is -0.698. The lowest BCUT2D eigenvalue weighted by Crippen LogP contribution is -2.15. The number of hydrogen-bond acceptors (Lipinski definition) is 5. The van der Waals surface area contributed by atoms with Crippen molar-refractivity contribution in [2.24, 2.45) is 0 Å². The molecule has 1 N–H and O–H groups in total. The zero-order valence-corrected chi connectivity index (χ0v) is 11.9. The average Bonchev–Trinajstić information content (AvgIpc) is 2.40. The van der Waals surface area contributed by atoms with Crippen LogP contribution in [-0.4, -0.2) is 26.1 Å². The van der Waals surface area contributed by atoms with Gasteiger partial charge in [0.25, 0.3) is 0 Å². The quantitative estimate of drug-likeness (QED) is 0.856. The summed E-state index contributed by atoms with van der Waals surface area (Å²) in [6.45, 7) is 0. The van der Waals surface area contributed by atoms with Gasteiger partial charge >= 0.3 is 5.97 Å². The van der Waals surface area contributed by atoms with Crippen LogP contribution in [0.5, 0.6) is 5.75 Å². The van der Waals surface area contributed by atoms with Crippen LogP contribution in [0.2, 0.25) is 0 Å². The van der Waals surface area contributed by atoms with E-state index in [1.165, 1.54) is 20.3 Å². The lowest BCUT2D eigenvalue weighted by molar-refractivity contribution is -0.115. The minimum absolute atomic E-state index is 0.139. The summed E-state index contributed by atoms with van der Waals surface area (Å²) in [5.41, 5.74) is 0.382. The molecule has 0 spiro atoms. The molecule has 1 rings (SSSR count). The Labute approximate surface area is 118 Å². The predicted octanol–water partition coefficient (Wildman–Crippen LogP) is 2.10. The lowest BCUT2D eigenvalue weighted by atomic mass is 10.1. The Morgan fingerprint density at radius 1 is 1.42 bits per heavy atom. The van der Waals surface area contributed by atoms with Crippen molar-refractivity contribution in [2.45, 2.75) is 6.42 Å². The summed E-state index contributed by atoms with van der Waals surface area (Å²) in [6.07, 6.45) is -0.306. The summed E-state index contributed by atoms with van der Waals surface area (Å²) in [6, 6.07) is 4.76. The second kappa shape index (κ2) is 6.75. The van der Waals surface area contributed by atoms with Crippen LogP contribution in [0.25, 0.3) is 0 Å². The van der Waals surface area contributed by atoms with E-state index in [2.05, 4.69) is 26.0 Å². The Balaban J connectivity index is 3.24. The van der Waals surface area contributed by atoms with E-state index < -0.39 is 11.9 Å². The first-order valence-corrected chi connectivity index (χ1v) is 5.95. The number of benzene rings is 1. The molecule has 100 valence electrons. The number of nitrogens with one attached hydrogen (secondary N) is 1. The molecule has 0 bridgehead atoms. The number of carbonyl (C=O) groups excluding carboxylic acids is 2. The number of ether oxygens (including phenoxy) is 2. The van der Waals surface area contributed by atoms with Crippen LogP contribution in [0.1, 0.15) is 16.8 Å². The molecule has 1 amide bonds. The van der Waals surface area contributed by atoms with E-state index >= 15 is 0 Å². The number of methoxy groups -OCH3 is 2. The SMILES string of the molecule is COC(=O)c1cc(OC)cc(Br)c1NC(=O)CC#N. The molecule has 0 aliphatic heterocycles. The first kappa shape index (κ1) is 15.0. The number of rotatable bonds is 4. The topological polar surface area (TPSA) is 88.4 Å². The molecule has 0 saturated carbocycles. The van der Waals surface area contributed by atoms with E-state index in [0.717, 1.165) is 0 Å². The summed E-state index contributed by atoms with van der Waals surface area (Å²) in [5, 5.41) is 10.9. The number of amides is 1. The van der Waals surface area contributed by atoms with Gasteiger partial charge in [-0.25, -0.2) is 4.79 Å². The molecule has 0 unspecified atom stereocenters. The third-order valence-electron chi connectivity index (χ3n) is 2.21. The van der Waals surface area contributed by atoms with Crippen molar-refractivity contribution < 1.29 is 19.1 Å². The van der Waals surface area contributed by atoms with E-state index in [1.807, 2.05) is 0 Å². The monoisotopic (exact) mass is 326 g/mol. The zero-order chi connectivity index (χ0) is 14.4. The van der Waals surface area contributed by atoms with Gasteiger partial charge in [-0.05, 0) is 28.1 Å². The second-order valence-corrected chi connectivity index (χ2v) is 4.26. The van der Waals surface area contributed by atoms with Gasteiger partial charge in [0.05, 0.1) is 31.5 Å². The average molecular weight is 327 g/mol. The van der Waals surface area contributed by atoms with Gasteiger partial charge in [-0.1, -0.05) is 0 Å². The number of hydrogen-bond donors (Lipinski definition) is 1. The Bertz CT molecular complexity index is 551. The van der Waals surface area contributed by atoms with E-state index in [4.69, 9.17) is 10.00 Å². The molecule has 1 aromatic rings. The van der Waals surface area contributed by atoms with Crippen LogP contribution in [0.4, 0.5) is 5.69 Å². The van der Waals surface area contributed by atoms with E-state index in [-0.39, 0.29) is 17.7 Å². The predicted molar refractivity (Wildman–Crippen MR) is 70.9 cm³/mol. The summed E-state index contributed by atoms with van der Waals surface area (Å²) in [7, 11) is 2.69. The summed E-state index contributed by atoms with van der Waals surface area (Å²) in [4.78, 5) is 23.1. The van der Waals surface area contributed by atoms with Crippen LogP contribution in [0.3, 0.4) is 0 Å². The van der Waals surface area contributed by atoms with Gasteiger partial charge in [-0.3, -0.25) is 4.79 Å². The van der Waals surface area contributed by atoms with Crippen LogP contribution >= 0.6 is 15.9 Å². The number of nitriles is 1. The Hall–Kier alpha value is -2.07. The maximum Gasteiger partial charge on any atom is 0.340 e. The van der Waals surface area contributed by atoms with Crippen molar-refractivity contribution in [3.63, 3.8) is 0 Å². The van der Waals surface area contributed by atoms with Crippen molar-refractivity contribution in [3.8, 4) is 11.8 Å². The van der Waals surface area contributed by atoms with Gasteiger partial charge in [-0.2, -0.15) is 5.26 Å². The summed E-state index contributed by atoms with van der Waals surface area (Å²) >= 11 is 3.23. The maximum absolute atomic E-state index is 11.7. The Morgan fingerprint density at radius 3 is 2.63 bits per heavy atom. The standard InChI is InChI=1S/C12H11BrN2O4/c1-18-7-5-8(12(17)19-2)11(9(13)6-7)15-10(16)3-4-14/h5-6H,3H2,1-2H3,(H,15,16). The fraction of sp³-hybridized carbons (Fsp3) is 0.250. The number of esters is 1. The smallest absolute Gasteiger partial charge is 0.340 e. The minimum Gasteiger partial charge on any atom is -0.497 e. The molecule has 19 heavy (non-hydrogen) atoms. The number of carbonyl (C=O) groups is 2. The molecule has 0 aliphatic rings. The zero-order valence-electron chi connectivity index (χ0n) is 10.3. The van der Waals surface area contributed by atoms with Crippen molar-refractivity contribution in [3.05, 3.63) is 22.2 Å². The van der Waals surface area contributed by atoms with Gasteiger partial charge in [0.15, 0.2) is 0 Å². The highest BCUT2D eigenvalue weighted by Crippen LogP contribution is 2.32. The van der Waals surface area contributed by atoms with Crippen molar-refractivity contribution in [1.29, 1.82) is 5.26 Å². The van der Waals surface area contributed by atoms with Crippen molar-refractivity contribution in [2.75, 3.05) is 19.5 Å². The third kappa shape index (κ3) is 3.69. The molecule has 0 fully saturated rings. The third-order valence-corrected chi connectivity index (χ3v) is 2.83. The first-order valence-electron chi connectivity index (χ1n) is 5.16. The highest BCUT2D eigenvalue weighted by atomic mass is 79.9. The molecule has 6 nitrogen and oxygen atoms in total. The van der Waals surface area contributed by atoms with E-state index in [9.17, 15) is 9.59 Å². The van der Waals surface area contributed by atoms with Crippen molar-refractivity contribution in [1.82, 2.24) is 0 Å². The Kier molecular flexibility index (Phi) is 5.33. The molecule has 0 radical (unpaired) electrons. The molecule has 0 atom stereocenters. The van der Waals surface area contributed by atoms with Gasteiger partial charge in [0.1, 0.15) is 12.2 Å². The molecule has 1 aromatic carbocycles. The van der Waals surface area contributed by atoms with E-state index in [1.54, 1.807) is 12.1 Å². The van der Waals surface area contributed by atoms with Crippen LogP contribution in [-0.2, 0) is 9.53 Å². The fourth-order valence-electron chi connectivity index (χ4n) is 1.35. The van der Waals surface area contributed by atoms with E-state index in [0.29, 0.717) is 10.2 Å². The maximum atomic E-state index is 11.7. The normalized spacial score (nSPS) is 9.37.